The Labute approximate surface area is 127 Å². The zero-order valence-electron chi connectivity index (χ0n) is 12.8. The molecule has 2 amide bonds. The summed E-state index contributed by atoms with van der Waals surface area (Å²) in [6, 6.07) is 0. The summed E-state index contributed by atoms with van der Waals surface area (Å²) in [4.78, 5) is 25.6. The van der Waals surface area contributed by atoms with E-state index in [4.69, 9.17) is 4.42 Å². The van der Waals surface area contributed by atoms with Crippen molar-refractivity contribution >= 4 is 27.7 Å². The Hall–Kier alpha value is -1.30. The Morgan fingerprint density at radius 3 is 2.20 bits per heavy atom. The molecule has 0 aliphatic carbocycles. The summed E-state index contributed by atoms with van der Waals surface area (Å²) >= 11 is 3.34. The average molecular weight is 345 g/mol. The second-order valence-corrected chi connectivity index (χ2v) is 6.66. The topological polar surface area (TPSA) is 62.6 Å². The van der Waals surface area contributed by atoms with Crippen molar-refractivity contribution < 1.29 is 14.0 Å². The monoisotopic (exact) mass is 344 g/mol. The third-order valence-corrected chi connectivity index (χ3v) is 3.60. The molecule has 1 heterocycles. The van der Waals surface area contributed by atoms with E-state index in [9.17, 15) is 9.59 Å². The van der Waals surface area contributed by atoms with Crippen molar-refractivity contribution in [2.45, 2.75) is 40.2 Å². The maximum atomic E-state index is 12.4. The van der Waals surface area contributed by atoms with Gasteiger partial charge in [-0.25, -0.2) is 0 Å². The third-order valence-electron chi connectivity index (χ3n) is 2.64. The van der Waals surface area contributed by atoms with Gasteiger partial charge in [0, 0.05) is 12.6 Å². The highest BCUT2D eigenvalue weighted by molar-refractivity contribution is 9.10. The first-order valence-corrected chi connectivity index (χ1v) is 7.14. The van der Waals surface area contributed by atoms with Gasteiger partial charge >= 0.3 is 0 Å². The summed E-state index contributed by atoms with van der Waals surface area (Å²) in [5.41, 5.74) is 0.150. The fourth-order valence-corrected chi connectivity index (χ4v) is 2.37. The smallest absolute Gasteiger partial charge is 0.258 e. The van der Waals surface area contributed by atoms with Gasteiger partial charge in [0.15, 0.2) is 0 Å². The van der Waals surface area contributed by atoms with Crippen LogP contribution < -0.4 is 5.32 Å². The normalized spacial score (nSPS) is 11.3. The first kappa shape index (κ1) is 16.8. The number of amides is 2. The third kappa shape index (κ3) is 4.10. The predicted molar refractivity (Wildman–Crippen MR) is 80.7 cm³/mol. The molecule has 0 atom stereocenters. The van der Waals surface area contributed by atoms with Crippen LogP contribution in [0.25, 0.3) is 0 Å². The lowest BCUT2D eigenvalue weighted by Gasteiger charge is -2.23. The molecule has 1 aromatic heterocycles. The lowest BCUT2D eigenvalue weighted by atomic mass is 10.1. The van der Waals surface area contributed by atoms with E-state index in [1.165, 1.54) is 4.90 Å². The van der Waals surface area contributed by atoms with E-state index in [-0.39, 0.29) is 23.9 Å². The lowest BCUT2D eigenvalue weighted by Crippen LogP contribution is -2.46. The van der Waals surface area contributed by atoms with Crippen molar-refractivity contribution in [3.8, 4) is 0 Å². The molecular formula is C14H21BrN2O3. The molecule has 0 aliphatic rings. The number of hydrogen-bond donors (Lipinski definition) is 1. The standard InChI is InChI=1S/C14H21BrN2O3/c1-8-11(12(15)9(2)20-8)13(19)17(6)7-10(18)16-14(3,4)5/h7H2,1-6H3,(H,16,18). The van der Waals surface area contributed by atoms with Gasteiger partial charge in [-0.1, -0.05) is 0 Å². The molecule has 1 aromatic rings. The summed E-state index contributed by atoms with van der Waals surface area (Å²) in [5.74, 6) is 0.762. The quantitative estimate of drug-likeness (QED) is 0.916. The Kier molecular flexibility index (Phi) is 5.02. The summed E-state index contributed by atoms with van der Waals surface area (Å²) in [7, 11) is 1.60. The van der Waals surface area contributed by atoms with Crippen LogP contribution in [0.3, 0.4) is 0 Å². The van der Waals surface area contributed by atoms with Crippen LogP contribution in [0.5, 0.6) is 0 Å². The summed E-state index contributed by atoms with van der Waals surface area (Å²) in [6.45, 7) is 9.20. The Morgan fingerprint density at radius 2 is 1.80 bits per heavy atom. The van der Waals surface area contributed by atoms with Gasteiger partial charge in [0.1, 0.15) is 11.5 Å². The first-order chi connectivity index (χ1) is 9.03. The van der Waals surface area contributed by atoms with Gasteiger partial charge in [0.25, 0.3) is 5.91 Å². The average Bonchev–Trinajstić information content (AvgIpc) is 2.49. The summed E-state index contributed by atoms with van der Waals surface area (Å²) in [5, 5.41) is 2.82. The van der Waals surface area contributed by atoms with Crippen LogP contribution >= 0.6 is 15.9 Å². The molecule has 0 fully saturated rings. The number of nitrogens with one attached hydrogen (secondary N) is 1. The van der Waals surface area contributed by atoms with Crippen LogP contribution in [-0.2, 0) is 4.79 Å². The van der Waals surface area contributed by atoms with E-state index >= 15 is 0 Å². The van der Waals surface area contributed by atoms with Gasteiger partial charge in [-0.2, -0.15) is 0 Å². The van der Waals surface area contributed by atoms with Crippen molar-refractivity contribution in [3.05, 3.63) is 21.6 Å². The number of hydrogen-bond acceptors (Lipinski definition) is 3. The minimum absolute atomic E-state index is 0.00616. The molecule has 0 aromatic carbocycles. The molecule has 1 rings (SSSR count). The van der Waals surface area contributed by atoms with Gasteiger partial charge in [-0.3, -0.25) is 9.59 Å². The number of likely N-dealkylation sites (N-methyl/N-ethyl adjacent to an activating group) is 1. The second kappa shape index (κ2) is 5.99. The second-order valence-electron chi connectivity index (χ2n) is 5.86. The molecule has 6 heteroatoms. The van der Waals surface area contributed by atoms with Crippen LogP contribution in [0.1, 0.15) is 42.6 Å². The molecule has 0 saturated heterocycles. The van der Waals surface area contributed by atoms with Gasteiger partial charge in [-0.15, -0.1) is 0 Å². The Balaban J connectivity index is 2.80. The van der Waals surface area contributed by atoms with Crippen LogP contribution in [0.4, 0.5) is 0 Å². The number of carbonyl (C=O) groups is 2. The zero-order valence-corrected chi connectivity index (χ0v) is 14.3. The molecule has 0 spiro atoms. The highest BCUT2D eigenvalue weighted by Gasteiger charge is 2.24. The predicted octanol–water partition coefficient (Wildman–Crippen LogP) is 2.65. The fourth-order valence-electron chi connectivity index (χ4n) is 1.84. The zero-order chi connectivity index (χ0) is 15.7. The minimum Gasteiger partial charge on any atom is -0.465 e. The van der Waals surface area contributed by atoms with Crippen LogP contribution in [0, 0.1) is 13.8 Å². The number of carbonyl (C=O) groups excluding carboxylic acids is 2. The number of rotatable bonds is 3. The van der Waals surface area contributed by atoms with E-state index < -0.39 is 0 Å². The SMILES string of the molecule is Cc1oc(C)c(C(=O)N(C)CC(=O)NC(C)(C)C)c1Br. The lowest BCUT2D eigenvalue weighted by molar-refractivity contribution is -0.122. The highest BCUT2D eigenvalue weighted by Crippen LogP contribution is 2.28. The van der Waals surface area contributed by atoms with Gasteiger partial charge in [0.2, 0.25) is 5.91 Å². The van der Waals surface area contributed by atoms with Crippen LogP contribution in [-0.4, -0.2) is 35.8 Å². The van der Waals surface area contributed by atoms with Gasteiger partial charge in [0.05, 0.1) is 16.6 Å². The van der Waals surface area contributed by atoms with Crippen LogP contribution in [0.15, 0.2) is 8.89 Å². The van der Waals surface area contributed by atoms with Gasteiger partial charge in [-0.05, 0) is 50.5 Å². The van der Waals surface area contributed by atoms with Crippen molar-refractivity contribution in [1.82, 2.24) is 10.2 Å². The highest BCUT2D eigenvalue weighted by atomic mass is 79.9. The molecule has 0 unspecified atom stereocenters. The van der Waals surface area contributed by atoms with E-state index in [2.05, 4.69) is 21.2 Å². The molecule has 0 radical (unpaired) electrons. The van der Waals surface area contributed by atoms with Crippen molar-refractivity contribution in [1.29, 1.82) is 0 Å². The van der Waals surface area contributed by atoms with E-state index in [0.29, 0.717) is 21.6 Å². The molecule has 0 saturated carbocycles. The Morgan fingerprint density at radius 1 is 1.25 bits per heavy atom. The molecule has 112 valence electrons. The van der Waals surface area contributed by atoms with Crippen LogP contribution in [0.2, 0.25) is 0 Å². The van der Waals surface area contributed by atoms with Crippen molar-refractivity contribution in [2.75, 3.05) is 13.6 Å². The maximum absolute atomic E-state index is 12.4. The van der Waals surface area contributed by atoms with Gasteiger partial charge < -0.3 is 14.6 Å². The molecular weight excluding hydrogens is 324 g/mol. The number of halogens is 1. The maximum Gasteiger partial charge on any atom is 0.258 e. The van der Waals surface area contributed by atoms with E-state index in [1.807, 2.05) is 20.8 Å². The first-order valence-electron chi connectivity index (χ1n) is 6.35. The van der Waals surface area contributed by atoms with Crippen molar-refractivity contribution in [2.24, 2.45) is 0 Å². The molecule has 20 heavy (non-hydrogen) atoms. The number of aryl methyl sites for hydroxylation is 2. The number of nitrogens with zero attached hydrogens (tertiary/aromatic N) is 1. The summed E-state index contributed by atoms with van der Waals surface area (Å²) in [6.07, 6.45) is 0. The minimum atomic E-state index is -0.316. The summed E-state index contributed by atoms with van der Waals surface area (Å²) < 4.78 is 6.05. The van der Waals surface area contributed by atoms with E-state index in [0.717, 1.165) is 0 Å². The molecule has 5 nitrogen and oxygen atoms in total. The fraction of sp³-hybridized carbons (Fsp3) is 0.571. The Bertz CT molecular complexity index is 529. The molecule has 0 bridgehead atoms. The number of furan rings is 1. The van der Waals surface area contributed by atoms with E-state index in [1.54, 1.807) is 20.9 Å². The van der Waals surface area contributed by atoms with Crippen molar-refractivity contribution in [3.63, 3.8) is 0 Å². The molecule has 0 aliphatic heterocycles. The molecule has 1 N–H and O–H groups in total. The largest absolute Gasteiger partial charge is 0.465 e.